The summed E-state index contributed by atoms with van der Waals surface area (Å²) in [7, 11) is 3.59. The molecule has 0 bridgehead atoms. The van der Waals surface area contributed by atoms with Crippen LogP contribution in [0.15, 0.2) is 18.2 Å². The fraction of sp³-hybridized carbons (Fsp3) is 0.455. The van der Waals surface area contributed by atoms with E-state index in [1.54, 1.807) is 13.1 Å². The van der Waals surface area contributed by atoms with Gasteiger partial charge in [0.1, 0.15) is 5.82 Å². The molecule has 0 saturated carbocycles. The second-order valence-corrected chi connectivity index (χ2v) is 3.82. The number of nitrogens with one attached hydrogen (secondary N) is 2. The van der Waals surface area contributed by atoms with Crippen molar-refractivity contribution in [1.82, 2.24) is 15.2 Å². The van der Waals surface area contributed by atoms with Crippen molar-refractivity contribution in [3.63, 3.8) is 0 Å². The highest BCUT2D eigenvalue weighted by atomic mass is 16.1. The first-order chi connectivity index (χ1) is 8.15. The number of aromatic nitrogens is 1. The Morgan fingerprint density at radius 1 is 1.53 bits per heavy atom. The Hall–Kier alpha value is -1.66. The van der Waals surface area contributed by atoms with Crippen molar-refractivity contribution in [3.8, 4) is 0 Å². The van der Waals surface area contributed by atoms with E-state index in [0.717, 1.165) is 5.69 Å². The highest BCUT2D eigenvalue weighted by molar-refractivity contribution is 5.75. The number of nitrogens with two attached hydrogens (primary N) is 1. The van der Waals surface area contributed by atoms with Crippen LogP contribution in [-0.4, -0.2) is 36.4 Å². The number of pyridine rings is 1. The first-order valence-electron chi connectivity index (χ1n) is 5.47. The summed E-state index contributed by atoms with van der Waals surface area (Å²) in [6.07, 6.45) is 0.488. The van der Waals surface area contributed by atoms with Gasteiger partial charge in [0, 0.05) is 26.6 Å². The smallest absolute Gasteiger partial charge is 0.221 e. The zero-order valence-electron chi connectivity index (χ0n) is 10.2. The first-order valence-corrected chi connectivity index (χ1v) is 5.47. The van der Waals surface area contributed by atoms with Gasteiger partial charge in [-0.1, -0.05) is 6.07 Å². The fourth-order valence-corrected chi connectivity index (χ4v) is 1.42. The van der Waals surface area contributed by atoms with Gasteiger partial charge in [-0.2, -0.15) is 0 Å². The summed E-state index contributed by atoms with van der Waals surface area (Å²) in [4.78, 5) is 17.4. The maximum atomic E-state index is 11.1. The van der Waals surface area contributed by atoms with Gasteiger partial charge in [-0.15, -0.1) is 0 Å². The number of carbonyl (C=O) groups excluding carboxylic acids is 1. The highest BCUT2D eigenvalue weighted by Crippen LogP contribution is 2.05. The third-order valence-electron chi connectivity index (χ3n) is 2.39. The summed E-state index contributed by atoms with van der Waals surface area (Å²) in [6, 6.07) is 5.62. The average molecular weight is 237 g/mol. The maximum Gasteiger partial charge on any atom is 0.221 e. The molecule has 6 heteroatoms. The molecule has 0 fully saturated rings. The van der Waals surface area contributed by atoms with Gasteiger partial charge in [0.25, 0.3) is 0 Å². The van der Waals surface area contributed by atoms with Crippen LogP contribution in [0.5, 0.6) is 0 Å². The van der Waals surface area contributed by atoms with Gasteiger partial charge in [-0.05, 0) is 19.2 Å². The number of hydrogen-bond acceptors (Lipinski definition) is 5. The van der Waals surface area contributed by atoms with Crippen LogP contribution in [0.3, 0.4) is 0 Å². The van der Waals surface area contributed by atoms with Crippen LogP contribution < -0.4 is 16.6 Å². The highest BCUT2D eigenvalue weighted by Gasteiger charge is 2.04. The number of anilines is 1. The molecule has 0 atom stereocenters. The van der Waals surface area contributed by atoms with E-state index in [9.17, 15) is 4.79 Å². The monoisotopic (exact) mass is 237 g/mol. The fourth-order valence-electron chi connectivity index (χ4n) is 1.42. The lowest BCUT2D eigenvalue weighted by Crippen LogP contribution is -2.26. The molecule has 6 nitrogen and oxygen atoms in total. The Balaban J connectivity index is 2.44. The molecule has 1 rings (SSSR count). The van der Waals surface area contributed by atoms with E-state index in [1.165, 1.54) is 0 Å². The minimum absolute atomic E-state index is 0.0437. The van der Waals surface area contributed by atoms with E-state index in [4.69, 9.17) is 5.84 Å². The minimum Gasteiger partial charge on any atom is -0.359 e. The second-order valence-electron chi connectivity index (χ2n) is 3.82. The number of hydrogen-bond donors (Lipinski definition) is 3. The molecule has 0 aliphatic rings. The molecular weight excluding hydrogens is 218 g/mol. The average Bonchev–Trinajstić information content (AvgIpc) is 2.36. The van der Waals surface area contributed by atoms with Crippen LogP contribution in [0, 0.1) is 0 Å². The van der Waals surface area contributed by atoms with Crippen molar-refractivity contribution in [2.24, 2.45) is 5.84 Å². The van der Waals surface area contributed by atoms with E-state index in [-0.39, 0.29) is 5.91 Å². The molecule has 4 N–H and O–H groups in total. The zero-order chi connectivity index (χ0) is 12.7. The lowest BCUT2D eigenvalue weighted by molar-refractivity contribution is -0.120. The van der Waals surface area contributed by atoms with Gasteiger partial charge < -0.3 is 15.6 Å². The quantitative estimate of drug-likeness (QED) is 0.477. The van der Waals surface area contributed by atoms with Crippen LogP contribution >= 0.6 is 0 Å². The van der Waals surface area contributed by atoms with Crippen molar-refractivity contribution >= 4 is 11.7 Å². The third kappa shape index (κ3) is 4.80. The SMILES string of the molecule is CNC(=O)CCN(C)Cc1cccc(NN)n1. The molecule has 94 valence electrons. The third-order valence-corrected chi connectivity index (χ3v) is 2.39. The van der Waals surface area contributed by atoms with Gasteiger partial charge in [-0.25, -0.2) is 10.8 Å². The van der Waals surface area contributed by atoms with Crippen molar-refractivity contribution in [2.75, 3.05) is 26.1 Å². The summed E-state index contributed by atoms with van der Waals surface area (Å²) in [5.74, 6) is 5.97. The zero-order valence-corrected chi connectivity index (χ0v) is 10.2. The van der Waals surface area contributed by atoms with Gasteiger partial charge in [0.2, 0.25) is 5.91 Å². The first kappa shape index (κ1) is 13.4. The van der Waals surface area contributed by atoms with E-state index >= 15 is 0 Å². The lowest BCUT2D eigenvalue weighted by Gasteiger charge is -2.15. The van der Waals surface area contributed by atoms with Crippen LogP contribution in [-0.2, 0) is 11.3 Å². The van der Waals surface area contributed by atoms with E-state index in [0.29, 0.717) is 25.3 Å². The number of hydrazine groups is 1. The standard InChI is InChI=1S/C11H19N5O/c1-13-11(17)6-7-16(2)8-9-4-3-5-10(14-9)15-12/h3-5H,6-8,12H2,1-2H3,(H,13,17)(H,14,15). The van der Waals surface area contributed by atoms with Crippen molar-refractivity contribution in [1.29, 1.82) is 0 Å². The molecular formula is C11H19N5O. The Morgan fingerprint density at radius 2 is 2.29 bits per heavy atom. The number of amides is 1. The van der Waals surface area contributed by atoms with Crippen LogP contribution in [0.4, 0.5) is 5.82 Å². The van der Waals surface area contributed by atoms with Gasteiger partial charge in [0.05, 0.1) is 5.69 Å². The summed E-state index contributed by atoms with van der Waals surface area (Å²) >= 11 is 0. The van der Waals surface area contributed by atoms with Crippen LogP contribution in [0.25, 0.3) is 0 Å². The Labute approximate surface area is 101 Å². The van der Waals surface area contributed by atoms with E-state index in [2.05, 4.69) is 15.7 Å². The lowest BCUT2D eigenvalue weighted by atomic mass is 10.3. The summed E-state index contributed by atoms with van der Waals surface area (Å²) in [5.41, 5.74) is 3.42. The molecule has 1 heterocycles. The summed E-state index contributed by atoms with van der Waals surface area (Å²) in [6.45, 7) is 1.38. The van der Waals surface area contributed by atoms with E-state index < -0.39 is 0 Å². The molecule has 17 heavy (non-hydrogen) atoms. The maximum absolute atomic E-state index is 11.1. The predicted octanol–water partition coefficient (Wildman–Crippen LogP) is -0.0649. The number of nitrogens with zero attached hydrogens (tertiary/aromatic N) is 2. The Morgan fingerprint density at radius 3 is 2.94 bits per heavy atom. The topological polar surface area (TPSA) is 83.3 Å². The molecule has 1 aromatic rings. The van der Waals surface area contributed by atoms with Crippen molar-refractivity contribution < 1.29 is 4.79 Å². The number of nitrogen functional groups attached to an aromatic ring is 1. The molecule has 0 radical (unpaired) electrons. The molecule has 0 spiro atoms. The van der Waals surface area contributed by atoms with E-state index in [1.807, 2.05) is 24.1 Å². The molecule has 0 aliphatic carbocycles. The Kier molecular flexibility index (Phi) is 5.38. The summed E-state index contributed by atoms with van der Waals surface area (Å²) in [5, 5.41) is 2.59. The molecule has 0 unspecified atom stereocenters. The number of rotatable bonds is 6. The van der Waals surface area contributed by atoms with Gasteiger partial charge in [0.15, 0.2) is 0 Å². The molecule has 1 aromatic heterocycles. The van der Waals surface area contributed by atoms with Crippen molar-refractivity contribution in [3.05, 3.63) is 23.9 Å². The number of carbonyl (C=O) groups is 1. The van der Waals surface area contributed by atoms with Gasteiger partial charge in [-0.3, -0.25) is 4.79 Å². The second kappa shape index (κ2) is 6.82. The predicted molar refractivity (Wildman–Crippen MR) is 67.1 cm³/mol. The molecule has 0 saturated heterocycles. The minimum atomic E-state index is 0.0437. The molecule has 0 aliphatic heterocycles. The molecule has 0 aromatic carbocycles. The molecule has 1 amide bonds. The van der Waals surface area contributed by atoms with Crippen molar-refractivity contribution in [2.45, 2.75) is 13.0 Å². The van der Waals surface area contributed by atoms with Crippen LogP contribution in [0.1, 0.15) is 12.1 Å². The normalized spacial score (nSPS) is 10.4. The Bertz CT molecular complexity index is 369. The van der Waals surface area contributed by atoms with Gasteiger partial charge >= 0.3 is 0 Å². The van der Waals surface area contributed by atoms with Crippen LogP contribution in [0.2, 0.25) is 0 Å². The summed E-state index contributed by atoms with van der Waals surface area (Å²) < 4.78 is 0. The largest absolute Gasteiger partial charge is 0.359 e.